The summed E-state index contributed by atoms with van der Waals surface area (Å²) in [5.41, 5.74) is 7.08. The largest absolute Gasteiger partial charge is 0.389 e. The van der Waals surface area contributed by atoms with Gasteiger partial charge in [0, 0.05) is 29.2 Å². The molecule has 1 atom stereocenters. The first-order valence-electron chi connectivity index (χ1n) is 8.89. The van der Waals surface area contributed by atoms with Crippen LogP contribution in [0, 0.1) is 5.92 Å². The Bertz CT molecular complexity index is 850. The lowest BCUT2D eigenvalue weighted by Crippen LogP contribution is -2.53. The van der Waals surface area contributed by atoms with Crippen LogP contribution in [0.25, 0.3) is 0 Å². The van der Waals surface area contributed by atoms with Gasteiger partial charge in [0.25, 0.3) is 5.91 Å². The molecule has 1 amide bonds. The smallest absolute Gasteiger partial charge is 0.252 e. The molecule has 5 nitrogen and oxygen atoms in total. The van der Waals surface area contributed by atoms with E-state index in [4.69, 9.17) is 5.73 Å². The highest BCUT2D eigenvalue weighted by Crippen LogP contribution is 2.47. The Morgan fingerprint density at radius 1 is 1.27 bits per heavy atom. The van der Waals surface area contributed by atoms with Crippen LogP contribution in [0.4, 0.5) is 0 Å². The number of carbonyl (C=O) groups excluding carboxylic acids is 1. The summed E-state index contributed by atoms with van der Waals surface area (Å²) in [4.78, 5) is 17.1. The summed E-state index contributed by atoms with van der Waals surface area (Å²) < 4.78 is 0.935. The van der Waals surface area contributed by atoms with Crippen molar-refractivity contribution in [2.75, 3.05) is 6.54 Å². The molecule has 4 rings (SSSR count). The minimum absolute atomic E-state index is 0.0407. The summed E-state index contributed by atoms with van der Waals surface area (Å²) in [6, 6.07) is 11.6. The molecule has 2 aromatic rings. The second kappa shape index (κ2) is 6.44. The number of pyridine rings is 1. The summed E-state index contributed by atoms with van der Waals surface area (Å²) in [6.07, 6.45) is 4.49. The van der Waals surface area contributed by atoms with E-state index in [1.54, 1.807) is 6.20 Å². The van der Waals surface area contributed by atoms with Gasteiger partial charge in [-0.3, -0.25) is 9.78 Å². The molecule has 136 valence electrons. The lowest BCUT2D eigenvalue weighted by atomic mass is 9.64. The van der Waals surface area contributed by atoms with E-state index < -0.39 is 11.1 Å². The molecule has 2 aliphatic rings. The molecule has 1 aliphatic heterocycles. The van der Waals surface area contributed by atoms with E-state index in [9.17, 15) is 9.90 Å². The lowest BCUT2D eigenvalue weighted by molar-refractivity contribution is -0.0741. The summed E-state index contributed by atoms with van der Waals surface area (Å²) >= 11 is 3.58. The second-order valence-corrected chi connectivity index (χ2v) is 8.45. The zero-order valence-electron chi connectivity index (χ0n) is 14.4. The Morgan fingerprint density at radius 2 is 2.04 bits per heavy atom. The van der Waals surface area contributed by atoms with Crippen LogP contribution in [0.15, 0.2) is 47.1 Å². The Labute approximate surface area is 161 Å². The normalized spacial score (nSPS) is 29.8. The van der Waals surface area contributed by atoms with E-state index in [1.165, 1.54) is 0 Å². The van der Waals surface area contributed by atoms with Crippen LogP contribution < -0.4 is 11.1 Å². The molecule has 1 aromatic heterocycles. The fourth-order valence-electron chi connectivity index (χ4n) is 4.48. The summed E-state index contributed by atoms with van der Waals surface area (Å²) in [7, 11) is 0. The number of halogens is 1. The number of rotatable bonds is 5. The van der Waals surface area contributed by atoms with Crippen LogP contribution in [0.3, 0.4) is 0 Å². The molecular formula is C20H22BrN3O2. The van der Waals surface area contributed by atoms with Crippen molar-refractivity contribution in [1.82, 2.24) is 10.3 Å². The second-order valence-electron chi connectivity index (χ2n) is 7.60. The predicted molar refractivity (Wildman–Crippen MR) is 103 cm³/mol. The third kappa shape index (κ3) is 2.96. The van der Waals surface area contributed by atoms with Gasteiger partial charge in [0.15, 0.2) is 0 Å². The molecule has 4 N–H and O–H groups in total. The van der Waals surface area contributed by atoms with Gasteiger partial charge in [-0.15, -0.1) is 0 Å². The molecule has 0 saturated heterocycles. The summed E-state index contributed by atoms with van der Waals surface area (Å²) in [6.45, 7) is 0.283. The third-order valence-corrected chi connectivity index (χ3v) is 6.42. The van der Waals surface area contributed by atoms with E-state index in [1.807, 2.05) is 36.4 Å². The molecule has 1 saturated carbocycles. The number of aromatic nitrogens is 1. The Hall–Kier alpha value is -1.76. The first-order chi connectivity index (χ1) is 12.4. The highest BCUT2D eigenvalue weighted by atomic mass is 79.9. The van der Waals surface area contributed by atoms with Crippen LogP contribution in [0.2, 0.25) is 0 Å². The number of nitrogens with one attached hydrogen (secondary N) is 1. The van der Waals surface area contributed by atoms with Crippen molar-refractivity contribution in [2.45, 2.75) is 36.8 Å². The maximum atomic E-state index is 12.6. The number of carbonyl (C=O) groups is 1. The van der Waals surface area contributed by atoms with Crippen molar-refractivity contribution >= 4 is 21.8 Å². The van der Waals surface area contributed by atoms with Crippen molar-refractivity contribution in [1.29, 1.82) is 0 Å². The molecule has 0 radical (unpaired) electrons. The number of hydrogen-bond donors (Lipinski definition) is 3. The first-order valence-corrected chi connectivity index (χ1v) is 9.68. The van der Waals surface area contributed by atoms with Crippen molar-refractivity contribution in [3.8, 4) is 0 Å². The van der Waals surface area contributed by atoms with E-state index >= 15 is 0 Å². The molecule has 0 bridgehead atoms. The Balaban J connectivity index is 1.69. The topological polar surface area (TPSA) is 88.2 Å². The van der Waals surface area contributed by atoms with Crippen molar-refractivity contribution in [3.05, 3.63) is 63.9 Å². The number of nitrogens with zero attached hydrogens (tertiary/aromatic N) is 1. The van der Waals surface area contributed by atoms with Gasteiger partial charge in [0.2, 0.25) is 0 Å². The van der Waals surface area contributed by atoms with E-state index in [0.29, 0.717) is 25.2 Å². The average molecular weight is 416 g/mol. The lowest BCUT2D eigenvalue weighted by Gasteiger charge is -2.46. The molecule has 0 spiro atoms. The fraction of sp³-hybridized carbons (Fsp3) is 0.400. The maximum Gasteiger partial charge on any atom is 0.252 e. The zero-order chi connectivity index (χ0) is 18.4. The molecule has 6 heteroatoms. The third-order valence-electron chi connectivity index (χ3n) is 5.70. The molecule has 26 heavy (non-hydrogen) atoms. The highest BCUT2D eigenvalue weighted by Gasteiger charge is 2.49. The van der Waals surface area contributed by atoms with Crippen LogP contribution in [0.5, 0.6) is 0 Å². The van der Waals surface area contributed by atoms with Crippen LogP contribution in [-0.4, -0.2) is 28.1 Å². The van der Waals surface area contributed by atoms with Crippen LogP contribution in [0.1, 0.15) is 40.9 Å². The van der Waals surface area contributed by atoms with Gasteiger partial charge in [0.1, 0.15) is 0 Å². The van der Waals surface area contributed by atoms with Gasteiger partial charge in [0.05, 0.1) is 16.8 Å². The first kappa shape index (κ1) is 17.6. The predicted octanol–water partition coefficient (Wildman–Crippen LogP) is 2.52. The SMILES string of the molecule is NCC1(O)CC(CC2(Cc3ncccc3Br)NC(=O)c3ccccc32)C1. The Morgan fingerprint density at radius 3 is 2.77 bits per heavy atom. The molecule has 1 unspecified atom stereocenters. The van der Waals surface area contributed by atoms with Crippen molar-refractivity contribution < 1.29 is 9.90 Å². The number of amides is 1. The number of nitrogens with two attached hydrogens (primary N) is 1. The molecule has 1 aliphatic carbocycles. The standard InChI is InChI=1S/C20H22BrN3O2/c21-16-6-3-7-23-17(16)11-20(10-13-8-19(26,9-13)12-22)15-5-2-1-4-14(15)18(25)24-20/h1-7,13,26H,8-12,22H2,(H,24,25). The Kier molecular flexibility index (Phi) is 4.37. The van der Waals surface area contributed by atoms with Crippen LogP contribution >= 0.6 is 15.9 Å². The van der Waals surface area contributed by atoms with Gasteiger partial charge in [-0.2, -0.15) is 0 Å². The minimum Gasteiger partial charge on any atom is -0.389 e. The van der Waals surface area contributed by atoms with Gasteiger partial charge < -0.3 is 16.2 Å². The molecular weight excluding hydrogens is 394 g/mol. The van der Waals surface area contributed by atoms with E-state index in [2.05, 4.69) is 26.2 Å². The van der Waals surface area contributed by atoms with Gasteiger partial charge >= 0.3 is 0 Å². The summed E-state index contributed by atoms with van der Waals surface area (Å²) in [5, 5.41) is 13.5. The molecule has 1 aromatic carbocycles. The van der Waals surface area contributed by atoms with E-state index in [0.717, 1.165) is 27.7 Å². The van der Waals surface area contributed by atoms with Crippen molar-refractivity contribution in [2.24, 2.45) is 11.7 Å². The molecule has 1 fully saturated rings. The average Bonchev–Trinajstić information content (AvgIpc) is 2.88. The minimum atomic E-state index is -0.750. The van der Waals surface area contributed by atoms with Crippen molar-refractivity contribution in [3.63, 3.8) is 0 Å². The number of aliphatic hydroxyl groups is 1. The monoisotopic (exact) mass is 415 g/mol. The number of benzene rings is 1. The quantitative estimate of drug-likeness (QED) is 0.699. The van der Waals surface area contributed by atoms with Crippen LogP contribution in [-0.2, 0) is 12.0 Å². The number of fused-ring (bicyclic) bond motifs is 1. The van der Waals surface area contributed by atoms with Gasteiger partial charge in [-0.05, 0) is 64.9 Å². The van der Waals surface area contributed by atoms with Gasteiger partial charge in [-0.1, -0.05) is 18.2 Å². The fourth-order valence-corrected chi connectivity index (χ4v) is 4.87. The number of hydrogen-bond acceptors (Lipinski definition) is 4. The maximum absolute atomic E-state index is 12.6. The highest BCUT2D eigenvalue weighted by molar-refractivity contribution is 9.10. The van der Waals surface area contributed by atoms with E-state index in [-0.39, 0.29) is 12.5 Å². The van der Waals surface area contributed by atoms with Gasteiger partial charge in [-0.25, -0.2) is 0 Å². The zero-order valence-corrected chi connectivity index (χ0v) is 16.0. The molecule has 2 heterocycles. The summed E-state index contributed by atoms with van der Waals surface area (Å²) in [5.74, 6) is 0.276.